The van der Waals surface area contributed by atoms with Gasteiger partial charge in [0.1, 0.15) is 5.75 Å². The van der Waals surface area contributed by atoms with E-state index in [0.717, 1.165) is 17.8 Å². The van der Waals surface area contributed by atoms with Crippen molar-refractivity contribution in [2.75, 3.05) is 12.0 Å². The van der Waals surface area contributed by atoms with Crippen molar-refractivity contribution < 1.29 is 0 Å². The number of fused-ring (bicyclic) bond motifs is 1. The maximum absolute atomic E-state index is 2.51. The van der Waals surface area contributed by atoms with E-state index in [4.69, 9.17) is 0 Å². The zero-order valence-electron chi connectivity index (χ0n) is 9.73. The van der Waals surface area contributed by atoms with Crippen LogP contribution >= 0.6 is 0 Å². The lowest BCUT2D eigenvalue weighted by Gasteiger charge is -2.35. The summed E-state index contributed by atoms with van der Waals surface area (Å²) in [5.74, 6) is 4.11. The number of rotatable bonds is 4. The van der Waals surface area contributed by atoms with Gasteiger partial charge in [-0.1, -0.05) is 24.3 Å². The van der Waals surface area contributed by atoms with Gasteiger partial charge in [0.05, 0.1) is 6.26 Å². The van der Waals surface area contributed by atoms with Crippen molar-refractivity contribution in [2.45, 2.75) is 32.1 Å². The van der Waals surface area contributed by atoms with E-state index in [1.165, 1.54) is 37.9 Å². The van der Waals surface area contributed by atoms with Gasteiger partial charge in [-0.3, -0.25) is 0 Å². The summed E-state index contributed by atoms with van der Waals surface area (Å²) in [4.78, 5) is 0. The molecular formula is C14H23S+. The fourth-order valence-electron chi connectivity index (χ4n) is 3.05. The Morgan fingerprint density at radius 2 is 2.20 bits per heavy atom. The summed E-state index contributed by atoms with van der Waals surface area (Å²) < 4.78 is 0. The van der Waals surface area contributed by atoms with Gasteiger partial charge in [-0.25, -0.2) is 0 Å². The first-order chi connectivity index (χ1) is 7.42. The molecule has 0 radical (unpaired) electrons. The van der Waals surface area contributed by atoms with Crippen LogP contribution in [0.3, 0.4) is 0 Å². The van der Waals surface area contributed by atoms with Crippen molar-refractivity contribution in [3.63, 3.8) is 0 Å². The molecule has 0 aromatic heterocycles. The minimum atomic E-state index is 0.868. The molecule has 0 heterocycles. The Morgan fingerprint density at radius 3 is 3.07 bits per heavy atom. The maximum atomic E-state index is 2.51. The minimum absolute atomic E-state index is 0.868. The molecule has 2 aliphatic rings. The third-order valence-corrected chi connectivity index (χ3v) is 4.62. The molecule has 0 bridgehead atoms. The highest BCUT2D eigenvalue weighted by Gasteiger charge is 2.29. The van der Waals surface area contributed by atoms with Gasteiger partial charge in [-0.2, -0.15) is 0 Å². The zero-order valence-corrected chi connectivity index (χ0v) is 10.6. The largest absolute Gasteiger partial charge is 0.105 e. The lowest BCUT2D eigenvalue weighted by atomic mass is 9.70. The van der Waals surface area contributed by atoms with Crippen LogP contribution in [-0.4, -0.2) is 12.0 Å². The zero-order chi connectivity index (χ0) is 10.5. The lowest BCUT2D eigenvalue weighted by Crippen LogP contribution is -2.26. The molecule has 0 nitrogen and oxygen atoms in total. The van der Waals surface area contributed by atoms with Gasteiger partial charge in [0.25, 0.3) is 0 Å². The maximum Gasteiger partial charge on any atom is 0.105 e. The number of hydrogen-bond donors (Lipinski definition) is 0. The molecule has 2 unspecified atom stereocenters. The molecule has 0 saturated heterocycles. The van der Waals surface area contributed by atoms with Crippen molar-refractivity contribution in [2.24, 2.45) is 17.8 Å². The summed E-state index contributed by atoms with van der Waals surface area (Å²) in [6, 6.07) is 0. The summed E-state index contributed by atoms with van der Waals surface area (Å²) in [6.07, 6.45) is 18.9. The van der Waals surface area contributed by atoms with Gasteiger partial charge >= 0.3 is 0 Å². The number of thiol groups is 1. The third-order valence-electron chi connectivity index (χ3n) is 3.86. The smallest absolute Gasteiger partial charge is 0.0882 e. The first-order valence-electron chi connectivity index (χ1n) is 6.30. The van der Waals surface area contributed by atoms with Crippen molar-refractivity contribution in [1.82, 2.24) is 0 Å². The van der Waals surface area contributed by atoms with Gasteiger partial charge in [0, 0.05) is 0 Å². The van der Waals surface area contributed by atoms with E-state index in [-0.39, 0.29) is 0 Å². The Labute approximate surface area is 98.2 Å². The van der Waals surface area contributed by atoms with E-state index in [1.807, 2.05) is 0 Å². The average Bonchev–Trinajstić information content (AvgIpc) is 2.30. The normalized spacial score (nSPS) is 34.1. The molecule has 15 heavy (non-hydrogen) atoms. The van der Waals surface area contributed by atoms with E-state index >= 15 is 0 Å². The minimum Gasteiger partial charge on any atom is -0.0882 e. The quantitative estimate of drug-likeness (QED) is 0.297. The van der Waals surface area contributed by atoms with E-state index < -0.39 is 0 Å². The van der Waals surface area contributed by atoms with Gasteiger partial charge < -0.3 is 0 Å². The molecule has 1 heteroatoms. The second-order valence-corrected chi connectivity index (χ2v) is 5.92. The van der Waals surface area contributed by atoms with Crippen LogP contribution in [-0.2, 0) is 11.8 Å². The number of allylic oxidation sites excluding steroid dienone is 4. The molecule has 0 aliphatic heterocycles. The Kier molecular flexibility index (Phi) is 4.37. The summed E-state index contributed by atoms with van der Waals surface area (Å²) in [7, 11) is 0. The van der Waals surface area contributed by atoms with Gasteiger partial charge in [-0.05, 0) is 61.6 Å². The lowest BCUT2D eigenvalue weighted by molar-refractivity contribution is 0.251. The van der Waals surface area contributed by atoms with Gasteiger partial charge in [0.2, 0.25) is 0 Å². The van der Waals surface area contributed by atoms with E-state index in [9.17, 15) is 0 Å². The molecule has 0 fully saturated rings. The van der Waals surface area contributed by atoms with Crippen LogP contribution in [0.5, 0.6) is 0 Å². The van der Waals surface area contributed by atoms with E-state index in [2.05, 4.69) is 30.6 Å². The fraction of sp³-hybridized carbons (Fsp3) is 0.714. The SMILES string of the molecule is C[SH+]CCC[C@@H]1C=CCC2C=CCCC21. The van der Waals surface area contributed by atoms with Crippen LogP contribution in [0.1, 0.15) is 32.1 Å². The van der Waals surface area contributed by atoms with Crippen LogP contribution in [0.15, 0.2) is 24.3 Å². The van der Waals surface area contributed by atoms with Crippen LogP contribution in [0, 0.1) is 17.8 Å². The van der Waals surface area contributed by atoms with E-state index in [1.54, 1.807) is 11.8 Å². The molecule has 0 aromatic carbocycles. The highest BCUT2D eigenvalue weighted by atomic mass is 32.2. The predicted octanol–water partition coefficient (Wildman–Crippen LogP) is 3.37. The highest BCUT2D eigenvalue weighted by molar-refractivity contribution is 7.77. The molecule has 0 saturated carbocycles. The van der Waals surface area contributed by atoms with Crippen molar-refractivity contribution >= 4 is 11.8 Å². The van der Waals surface area contributed by atoms with Crippen LogP contribution in [0.25, 0.3) is 0 Å². The average molecular weight is 223 g/mol. The van der Waals surface area contributed by atoms with Crippen molar-refractivity contribution in [3.8, 4) is 0 Å². The van der Waals surface area contributed by atoms with Crippen molar-refractivity contribution in [3.05, 3.63) is 24.3 Å². The van der Waals surface area contributed by atoms with Crippen LogP contribution in [0.2, 0.25) is 0 Å². The molecule has 2 rings (SSSR count). The predicted molar refractivity (Wildman–Crippen MR) is 71.4 cm³/mol. The molecule has 0 N–H and O–H groups in total. The Balaban J connectivity index is 1.90. The summed E-state index contributed by atoms with van der Waals surface area (Å²) in [5, 5.41) is 0. The standard InChI is InChI=1S/C14H22S/c1-15-11-5-9-13-8-4-7-12-6-2-3-10-14(12)13/h2,4,6,8,12-14H,3,5,7,9-11H2,1H3/p+1/t12?,13-,14?/m0/s1. The first kappa shape index (κ1) is 11.3. The highest BCUT2D eigenvalue weighted by Crippen LogP contribution is 2.39. The van der Waals surface area contributed by atoms with Gasteiger partial charge in [-0.15, -0.1) is 0 Å². The Morgan fingerprint density at radius 1 is 1.27 bits per heavy atom. The van der Waals surface area contributed by atoms with Crippen LogP contribution in [0.4, 0.5) is 0 Å². The van der Waals surface area contributed by atoms with Crippen LogP contribution < -0.4 is 0 Å². The summed E-state index contributed by atoms with van der Waals surface area (Å²) in [6.45, 7) is 0. The Bertz CT molecular complexity index is 242. The van der Waals surface area contributed by atoms with Gasteiger partial charge in [0.15, 0.2) is 0 Å². The topological polar surface area (TPSA) is 0 Å². The second-order valence-electron chi connectivity index (χ2n) is 4.84. The van der Waals surface area contributed by atoms with E-state index in [0.29, 0.717) is 0 Å². The third kappa shape index (κ3) is 2.90. The second kappa shape index (κ2) is 5.79. The Hall–Kier alpha value is -0.170. The molecule has 84 valence electrons. The molecule has 2 aliphatic carbocycles. The molecule has 0 amide bonds. The molecular weight excluding hydrogens is 200 g/mol. The first-order valence-corrected chi connectivity index (χ1v) is 7.83. The summed E-state index contributed by atoms with van der Waals surface area (Å²) >= 11 is 1.56. The number of hydrogen-bond acceptors (Lipinski definition) is 0. The molecule has 0 spiro atoms. The monoisotopic (exact) mass is 223 g/mol. The van der Waals surface area contributed by atoms with Crippen molar-refractivity contribution in [1.29, 1.82) is 0 Å². The summed E-state index contributed by atoms with van der Waals surface area (Å²) in [5.41, 5.74) is 0. The molecule has 0 aromatic rings. The fourth-order valence-corrected chi connectivity index (χ4v) is 3.55. The molecule has 3 atom stereocenters.